The fourth-order valence-electron chi connectivity index (χ4n) is 5.41. The fourth-order valence-corrected chi connectivity index (χ4v) is 6.08. The van der Waals surface area contributed by atoms with Crippen LogP contribution in [-0.4, -0.2) is 28.5 Å². The van der Waals surface area contributed by atoms with Crippen LogP contribution in [0.2, 0.25) is 0 Å². The van der Waals surface area contributed by atoms with Crippen molar-refractivity contribution in [2.24, 2.45) is 0 Å². The van der Waals surface area contributed by atoms with Crippen LogP contribution >= 0.6 is 28.1 Å². The van der Waals surface area contributed by atoms with E-state index in [2.05, 4.69) is 72.9 Å². The van der Waals surface area contributed by atoms with Crippen LogP contribution in [0.5, 0.6) is 0 Å². The molecule has 2 aliphatic rings. The number of thiocarbonyl (C=S) groups is 1. The molecule has 1 fully saturated rings. The Morgan fingerprint density at radius 1 is 1.21 bits per heavy atom. The lowest BCUT2D eigenvalue weighted by molar-refractivity contribution is -0.122. The van der Waals surface area contributed by atoms with Gasteiger partial charge in [0, 0.05) is 21.7 Å². The van der Waals surface area contributed by atoms with Crippen LogP contribution in [0.4, 0.5) is 11.4 Å². The lowest BCUT2D eigenvalue weighted by Crippen LogP contribution is -2.54. The van der Waals surface area contributed by atoms with Crippen LogP contribution in [0, 0.1) is 6.92 Å². The van der Waals surface area contributed by atoms with Crippen LogP contribution < -0.4 is 15.1 Å². The molecule has 1 atom stereocenters. The van der Waals surface area contributed by atoms with E-state index in [0.29, 0.717) is 17.6 Å². The third kappa shape index (κ3) is 4.31. The molecule has 2 aromatic carbocycles. The first kappa shape index (κ1) is 24.6. The van der Waals surface area contributed by atoms with Gasteiger partial charge in [0.05, 0.1) is 5.69 Å². The predicted octanol–water partition coefficient (Wildman–Crippen LogP) is 6.09. The minimum Gasteiger partial charge on any atom is -0.364 e. The van der Waals surface area contributed by atoms with Gasteiger partial charge >= 0.3 is 0 Å². The van der Waals surface area contributed by atoms with E-state index in [4.69, 9.17) is 12.2 Å². The summed E-state index contributed by atoms with van der Waals surface area (Å²) >= 11 is 8.76. The maximum absolute atomic E-state index is 13.4. The Hall–Kier alpha value is -2.51. The van der Waals surface area contributed by atoms with Crippen molar-refractivity contribution in [2.45, 2.75) is 65.5 Å². The van der Waals surface area contributed by atoms with Gasteiger partial charge in [-0.1, -0.05) is 28.9 Å². The van der Waals surface area contributed by atoms with Gasteiger partial charge in [0.2, 0.25) is 0 Å². The van der Waals surface area contributed by atoms with Gasteiger partial charge in [-0.05, 0) is 112 Å². The van der Waals surface area contributed by atoms with E-state index in [9.17, 15) is 9.59 Å². The number of amides is 2. The predicted molar refractivity (Wildman–Crippen MR) is 146 cm³/mol. The molecule has 178 valence electrons. The minimum absolute atomic E-state index is 0.0480. The van der Waals surface area contributed by atoms with E-state index in [1.807, 2.05) is 19.1 Å². The first-order chi connectivity index (χ1) is 15.9. The summed E-state index contributed by atoms with van der Waals surface area (Å²) in [5.74, 6) is -0.544. The molecule has 2 aromatic rings. The molecule has 0 aromatic heterocycles. The maximum atomic E-state index is 13.4. The standard InChI is InChI=1S/C27H30BrN3O2S/c1-15(2)31-23-10-16(3)18(11-21(23)17(4)14-27(31,5)6)12-22-24(32)29-26(34)30(25(22)33)20-9-7-8-19(28)13-20/h7-13,15,17H,14H2,1-6H3,(H,29,32,34)/b22-12+/t17-/m0/s1. The van der Waals surface area contributed by atoms with E-state index in [1.165, 1.54) is 16.2 Å². The molecule has 0 aliphatic carbocycles. The molecular weight excluding hydrogens is 510 g/mol. The zero-order valence-corrected chi connectivity index (χ0v) is 22.8. The van der Waals surface area contributed by atoms with Gasteiger partial charge in [-0.25, -0.2) is 0 Å². The summed E-state index contributed by atoms with van der Waals surface area (Å²) in [6.45, 7) is 13.3. The molecule has 0 radical (unpaired) electrons. The Morgan fingerprint density at radius 2 is 1.91 bits per heavy atom. The Balaban J connectivity index is 1.79. The van der Waals surface area contributed by atoms with Gasteiger partial charge in [-0.2, -0.15) is 0 Å². The molecule has 1 N–H and O–H groups in total. The van der Waals surface area contributed by atoms with Crippen LogP contribution in [0.15, 0.2) is 46.4 Å². The van der Waals surface area contributed by atoms with E-state index >= 15 is 0 Å². The fraction of sp³-hybridized carbons (Fsp3) is 0.370. The Kier molecular flexibility index (Phi) is 6.46. The third-order valence-corrected chi connectivity index (χ3v) is 7.43. The SMILES string of the molecule is Cc1cc2c(cc1/C=C1\C(=O)NC(=S)N(c3cccc(Br)c3)C1=O)[C@@H](C)CC(C)(C)N2C(C)C. The second-order valence-electron chi connectivity index (χ2n) is 10.1. The van der Waals surface area contributed by atoms with Crippen LogP contribution in [-0.2, 0) is 9.59 Å². The van der Waals surface area contributed by atoms with Gasteiger partial charge in [0.1, 0.15) is 5.57 Å². The van der Waals surface area contributed by atoms with Crippen LogP contribution in [0.1, 0.15) is 63.6 Å². The molecule has 7 heteroatoms. The number of rotatable bonds is 3. The molecule has 2 aliphatic heterocycles. The largest absolute Gasteiger partial charge is 0.364 e. The molecule has 2 amide bonds. The van der Waals surface area contributed by atoms with Gasteiger partial charge < -0.3 is 4.90 Å². The normalized spacial score (nSPS) is 21.2. The lowest BCUT2D eigenvalue weighted by atomic mass is 9.78. The number of carbonyl (C=O) groups excluding carboxylic acids is 2. The summed E-state index contributed by atoms with van der Waals surface area (Å²) in [4.78, 5) is 30.1. The summed E-state index contributed by atoms with van der Waals surface area (Å²) in [6.07, 6.45) is 2.73. The zero-order valence-electron chi connectivity index (χ0n) is 20.4. The maximum Gasteiger partial charge on any atom is 0.270 e. The molecule has 0 unspecified atom stereocenters. The van der Waals surface area contributed by atoms with E-state index in [-0.39, 0.29) is 16.2 Å². The van der Waals surface area contributed by atoms with Crippen molar-refractivity contribution >= 4 is 62.5 Å². The highest BCUT2D eigenvalue weighted by Crippen LogP contribution is 2.45. The van der Waals surface area contributed by atoms with E-state index in [1.54, 1.807) is 18.2 Å². The lowest BCUT2D eigenvalue weighted by Gasteiger charge is -2.50. The molecule has 2 heterocycles. The number of nitrogens with zero attached hydrogens (tertiary/aromatic N) is 2. The van der Waals surface area contributed by atoms with Crippen molar-refractivity contribution in [3.63, 3.8) is 0 Å². The van der Waals surface area contributed by atoms with Crippen molar-refractivity contribution in [3.8, 4) is 0 Å². The topological polar surface area (TPSA) is 52.7 Å². The van der Waals surface area contributed by atoms with Crippen molar-refractivity contribution in [3.05, 3.63) is 63.1 Å². The van der Waals surface area contributed by atoms with Crippen molar-refractivity contribution in [1.82, 2.24) is 5.32 Å². The molecule has 0 saturated carbocycles. The molecule has 0 bridgehead atoms. The number of carbonyl (C=O) groups is 2. The Labute approximate surface area is 215 Å². The number of hydrogen-bond acceptors (Lipinski definition) is 4. The van der Waals surface area contributed by atoms with Gasteiger partial charge in [-0.3, -0.25) is 19.8 Å². The minimum atomic E-state index is -0.476. The summed E-state index contributed by atoms with van der Waals surface area (Å²) in [5, 5.41) is 2.76. The number of hydrogen-bond donors (Lipinski definition) is 1. The first-order valence-electron chi connectivity index (χ1n) is 11.5. The Bertz CT molecular complexity index is 1230. The van der Waals surface area contributed by atoms with Crippen molar-refractivity contribution < 1.29 is 9.59 Å². The molecule has 5 nitrogen and oxygen atoms in total. The van der Waals surface area contributed by atoms with E-state index < -0.39 is 11.8 Å². The molecule has 0 spiro atoms. The number of anilines is 2. The van der Waals surface area contributed by atoms with Gasteiger partial charge in [0.25, 0.3) is 11.8 Å². The summed E-state index contributed by atoms with van der Waals surface area (Å²) in [6, 6.07) is 12.0. The van der Waals surface area contributed by atoms with Gasteiger partial charge in [0.15, 0.2) is 5.11 Å². The molecule has 34 heavy (non-hydrogen) atoms. The number of benzene rings is 2. The van der Waals surface area contributed by atoms with Gasteiger partial charge in [-0.15, -0.1) is 0 Å². The average Bonchev–Trinajstić information content (AvgIpc) is 2.70. The number of nitrogens with one attached hydrogen (secondary N) is 1. The highest BCUT2D eigenvalue weighted by Gasteiger charge is 2.38. The summed E-state index contributed by atoms with van der Waals surface area (Å²) in [5.41, 5.74) is 5.08. The number of halogens is 1. The molecular formula is C27H30BrN3O2S. The van der Waals surface area contributed by atoms with Crippen LogP contribution in [0.3, 0.4) is 0 Å². The second-order valence-corrected chi connectivity index (χ2v) is 11.4. The average molecular weight is 541 g/mol. The highest BCUT2D eigenvalue weighted by molar-refractivity contribution is 9.10. The second kappa shape index (κ2) is 8.93. The summed E-state index contributed by atoms with van der Waals surface area (Å²) < 4.78 is 0.820. The number of aryl methyl sites for hydroxylation is 1. The monoisotopic (exact) mass is 539 g/mol. The van der Waals surface area contributed by atoms with Crippen molar-refractivity contribution in [2.75, 3.05) is 9.80 Å². The molecule has 4 rings (SSSR count). The number of fused-ring (bicyclic) bond motifs is 1. The van der Waals surface area contributed by atoms with Crippen LogP contribution in [0.25, 0.3) is 6.08 Å². The summed E-state index contributed by atoms with van der Waals surface area (Å²) in [7, 11) is 0. The third-order valence-electron chi connectivity index (χ3n) is 6.65. The highest BCUT2D eigenvalue weighted by atomic mass is 79.9. The van der Waals surface area contributed by atoms with E-state index in [0.717, 1.165) is 22.0 Å². The first-order valence-corrected chi connectivity index (χ1v) is 12.7. The zero-order chi connectivity index (χ0) is 24.9. The van der Waals surface area contributed by atoms with Crippen molar-refractivity contribution in [1.29, 1.82) is 0 Å². The Morgan fingerprint density at radius 3 is 2.56 bits per heavy atom. The molecule has 1 saturated heterocycles. The smallest absolute Gasteiger partial charge is 0.270 e. The quantitative estimate of drug-likeness (QED) is 0.291.